The molecule has 0 aliphatic carbocycles. The van der Waals surface area contributed by atoms with Gasteiger partial charge in [-0.15, -0.1) is 0 Å². The summed E-state index contributed by atoms with van der Waals surface area (Å²) in [5, 5.41) is 30.5. The largest absolute Gasteiger partial charge is 1.00 e. The SMILES string of the molecule is CC(=O)O.CC(=O)O.CC(=O)O.NCC(N)CCO.[Co].[H-].[Na+]. The Labute approximate surface area is 158 Å². The Morgan fingerprint density at radius 1 is 1.00 bits per heavy atom. The Hall–Kier alpha value is -0.204. The molecule has 0 spiro atoms. The molecule has 0 rings (SSSR count). The number of aliphatic hydroxyl groups excluding tert-OH is 1. The third-order valence-corrected chi connectivity index (χ3v) is 0.803. The summed E-state index contributed by atoms with van der Waals surface area (Å²) in [5.41, 5.74) is 10.4. The van der Waals surface area contributed by atoms with Gasteiger partial charge in [-0.3, -0.25) is 14.4 Å². The number of carboxylic acid groups (broad SMARTS) is 3. The van der Waals surface area contributed by atoms with Gasteiger partial charge in [-0.25, -0.2) is 0 Å². The van der Waals surface area contributed by atoms with Gasteiger partial charge in [0.2, 0.25) is 0 Å². The molecule has 0 aromatic carbocycles. The Morgan fingerprint density at radius 3 is 1.24 bits per heavy atom. The molecule has 0 aromatic rings. The topological polar surface area (TPSA) is 184 Å². The number of nitrogens with two attached hydrogens (primary N) is 2. The van der Waals surface area contributed by atoms with Gasteiger partial charge in [-0.1, -0.05) is 0 Å². The van der Waals surface area contributed by atoms with Crippen LogP contribution in [0, 0.1) is 0 Å². The zero-order valence-electron chi connectivity index (χ0n) is 13.7. The summed E-state index contributed by atoms with van der Waals surface area (Å²) < 4.78 is 0. The fraction of sp³-hybridized carbons (Fsp3) is 0.700. The molecule has 9 nitrogen and oxygen atoms in total. The van der Waals surface area contributed by atoms with E-state index in [-0.39, 0.29) is 60.4 Å². The average Bonchev–Trinajstić information content (AvgIpc) is 2.15. The zero-order valence-corrected chi connectivity index (χ0v) is 15.7. The molecule has 127 valence electrons. The summed E-state index contributed by atoms with van der Waals surface area (Å²) >= 11 is 0. The quantitative estimate of drug-likeness (QED) is 0.271. The molecule has 1 atom stereocenters. The van der Waals surface area contributed by atoms with Crippen molar-refractivity contribution < 1.29 is 82.6 Å². The third kappa shape index (κ3) is 273. The van der Waals surface area contributed by atoms with Gasteiger partial charge in [0.15, 0.2) is 0 Å². The summed E-state index contributed by atoms with van der Waals surface area (Å²) in [6, 6.07) is -0.0231. The molecule has 8 N–H and O–H groups in total. The van der Waals surface area contributed by atoms with E-state index in [0.29, 0.717) is 13.0 Å². The molecular formula is C10H25CoN2NaO7. The Kier molecular flexibility index (Phi) is 56.6. The van der Waals surface area contributed by atoms with Gasteiger partial charge in [0.05, 0.1) is 0 Å². The van der Waals surface area contributed by atoms with Crippen molar-refractivity contribution in [1.29, 1.82) is 0 Å². The summed E-state index contributed by atoms with van der Waals surface area (Å²) in [6.07, 6.45) is 0.608. The van der Waals surface area contributed by atoms with E-state index >= 15 is 0 Å². The van der Waals surface area contributed by atoms with Crippen molar-refractivity contribution in [2.75, 3.05) is 13.2 Å². The minimum Gasteiger partial charge on any atom is -1.00 e. The van der Waals surface area contributed by atoms with Crippen LogP contribution < -0.4 is 41.0 Å². The normalized spacial score (nSPS) is 8.29. The summed E-state index contributed by atoms with van der Waals surface area (Å²) in [6.45, 7) is 3.85. The molecule has 0 heterocycles. The van der Waals surface area contributed by atoms with E-state index in [4.69, 9.17) is 46.3 Å². The number of aliphatic carboxylic acids is 3. The van der Waals surface area contributed by atoms with Crippen molar-refractivity contribution in [3.63, 3.8) is 0 Å². The van der Waals surface area contributed by atoms with Gasteiger partial charge >= 0.3 is 29.6 Å². The van der Waals surface area contributed by atoms with Crippen LogP contribution >= 0.6 is 0 Å². The second kappa shape index (κ2) is 31.9. The minimum atomic E-state index is -0.833. The summed E-state index contributed by atoms with van der Waals surface area (Å²) in [4.78, 5) is 27.0. The van der Waals surface area contributed by atoms with Gasteiger partial charge in [0.25, 0.3) is 17.9 Å². The van der Waals surface area contributed by atoms with Gasteiger partial charge in [-0.05, 0) is 6.42 Å². The maximum absolute atomic E-state index is 9.00. The monoisotopic (exact) mass is 367 g/mol. The average molecular weight is 367 g/mol. The summed E-state index contributed by atoms with van der Waals surface area (Å²) in [5.74, 6) is -2.50. The van der Waals surface area contributed by atoms with E-state index in [9.17, 15) is 0 Å². The van der Waals surface area contributed by atoms with Crippen LogP contribution in [0.3, 0.4) is 0 Å². The molecule has 0 saturated heterocycles. The first-order valence-corrected chi connectivity index (χ1v) is 5.16. The van der Waals surface area contributed by atoms with Crippen LogP contribution in [0.2, 0.25) is 0 Å². The van der Waals surface area contributed by atoms with Crippen molar-refractivity contribution in [3.05, 3.63) is 0 Å². The van der Waals surface area contributed by atoms with Crippen molar-refractivity contribution in [1.82, 2.24) is 0 Å². The van der Waals surface area contributed by atoms with E-state index in [1.807, 2.05) is 0 Å². The number of carbonyl (C=O) groups is 3. The molecule has 11 heteroatoms. The summed E-state index contributed by atoms with van der Waals surface area (Å²) in [7, 11) is 0. The fourth-order valence-corrected chi connectivity index (χ4v) is 0.284. The first-order chi connectivity index (χ1) is 8.50. The second-order valence-electron chi connectivity index (χ2n) is 3.07. The maximum Gasteiger partial charge on any atom is 1.00 e. The van der Waals surface area contributed by atoms with Crippen LogP contribution in [0.25, 0.3) is 0 Å². The Morgan fingerprint density at radius 2 is 1.19 bits per heavy atom. The molecule has 0 fully saturated rings. The molecule has 0 aliphatic heterocycles. The van der Waals surface area contributed by atoms with Crippen LogP contribution in [0.5, 0.6) is 0 Å². The smallest absolute Gasteiger partial charge is 1.00 e. The number of rotatable bonds is 3. The molecule has 21 heavy (non-hydrogen) atoms. The Bertz CT molecular complexity index is 211. The standard InChI is InChI=1S/C4H12N2O.3C2H4O2.Co.Na.H/c5-3-4(6)1-2-7;3*1-2(3)4;;;/h4,7H,1-3,5-6H2;3*1H3,(H,3,4);;;/q;;;;;+1;-1. The number of hydrogen-bond acceptors (Lipinski definition) is 6. The fourth-order valence-electron chi connectivity index (χ4n) is 0.284. The van der Waals surface area contributed by atoms with Crippen LogP contribution in [-0.4, -0.2) is 57.5 Å². The van der Waals surface area contributed by atoms with Gasteiger partial charge < -0.3 is 33.3 Å². The minimum absolute atomic E-state index is 0. The van der Waals surface area contributed by atoms with E-state index in [1.165, 1.54) is 0 Å². The molecule has 0 aromatic heterocycles. The van der Waals surface area contributed by atoms with E-state index in [0.717, 1.165) is 20.8 Å². The molecule has 1 radical (unpaired) electrons. The molecule has 0 saturated carbocycles. The number of carboxylic acids is 3. The van der Waals surface area contributed by atoms with Gasteiger partial charge in [-0.2, -0.15) is 0 Å². The molecule has 0 amide bonds. The van der Waals surface area contributed by atoms with E-state index in [2.05, 4.69) is 0 Å². The first kappa shape index (κ1) is 37.2. The maximum atomic E-state index is 9.00. The molecule has 1 unspecified atom stereocenters. The number of aliphatic hydroxyl groups is 1. The third-order valence-electron chi connectivity index (χ3n) is 0.803. The number of hydrogen-bond donors (Lipinski definition) is 6. The first-order valence-electron chi connectivity index (χ1n) is 5.16. The Balaban J connectivity index is -0.0000000270. The molecule has 0 bridgehead atoms. The van der Waals surface area contributed by atoms with Crippen molar-refractivity contribution in [3.8, 4) is 0 Å². The van der Waals surface area contributed by atoms with Gasteiger partial charge in [0, 0.05) is 56.7 Å². The molecular weight excluding hydrogens is 342 g/mol. The van der Waals surface area contributed by atoms with Gasteiger partial charge in [0.1, 0.15) is 0 Å². The zero-order chi connectivity index (χ0) is 16.4. The second-order valence-corrected chi connectivity index (χ2v) is 3.07. The predicted octanol–water partition coefficient (Wildman–Crippen LogP) is -3.96. The van der Waals surface area contributed by atoms with Crippen LogP contribution in [0.1, 0.15) is 28.6 Å². The van der Waals surface area contributed by atoms with Crippen LogP contribution in [0.15, 0.2) is 0 Å². The predicted molar refractivity (Wildman–Crippen MR) is 69.8 cm³/mol. The van der Waals surface area contributed by atoms with Crippen molar-refractivity contribution in [2.45, 2.75) is 33.2 Å². The van der Waals surface area contributed by atoms with Crippen LogP contribution in [0.4, 0.5) is 0 Å². The molecule has 0 aliphatic rings. The van der Waals surface area contributed by atoms with Crippen molar-refractivity contribution >= 4 is 17.9 Å². The van der Waals surface area contributed by atoms with Crippen molar-refractivity contribution in [2.24, 2.45) is 11.5 Å². The van der Waals surface area contributed by atoms with E-state index in [1.54, 1.807) is 0 Å². The van der Waals surface area contributed by atoms with Crippen LogP contribution in [-0.2, 0) is 31.2 Å². The van der Waals surface area contributed by atoms with E-state index < -0.39 is 17.9 Å².